The molecular formula is C21H21NO4. The highest BCUT2D eigenvalue weighted by Gasteiger charge is 2.13. The minimum absolute atomic E-state index is 0.00734. The summed E-state index contributed by atoms with van der Waals surface area (Å²) in [5.74, 6) is 0.463. The fraction of sp³-hybridized carbons (Fsp3) is 0.238. The van der Waals surface area contributed by atoms with E-state index in [4.69, 9.17) is 14.2 Å². The molecule has 2 aromatic carbocycles. The van der Waals surface area contributed by atoms with Crippen molar-refractivity contribution in [2.24, 2.45) is 0 Å². The van der Waals surface area contributed by atoms with Crippen LogP contribution >= 0.6 is 0 Å². The third kappa shape index (κ3) is 5.38. The molecular weight excluding hydrogens is 330 g/mol. The van der Waals surface area contributed by atoms with Crippen LogP contribution in [-0.2, 0) is 16.1 Å². The van der Waals surface area contributed by atoms with E-state index in [0.717, 1.165) is 5.56 Å². The zero-order chi connectivity index (χ0) is 18.9. The molecule has 0 aliphatic rings. The van der Waals surface area contributed by atoms with Gasteiger partial charge in [-0.05, 0) is 43.2 Å². The fourth-order valence-corrected chi connectivity index (χ4v) is 2.23. The molecule has 0 aromatic heterocycles. The Morgan fingerprint density at radius 2 is 1.88 bits per heavy atom. The first-order chi connectivity index (χ1) is 12.5. The summed E-state index contributed by atoms with van der Waals surface area (Å²) >= 11 is 0. The molecule has 134 valence electrons. The van der Waals surface area contributed by atoms with Crippen LogP contribution in [0.4, 0.5) is 0 Å². The number of rotatable bonds is 7. The molecule has 0 saturated carbocycles. The van der Waals surface area contributed by atoms with Crippen molar-refractivity contribution in [3.05, 3.63) is 65.2 Å². The molecule has 0 saturated heterocycles. The molecule has 5 heteroatoms. The molecule has 0 fully saturated rings. The Hall–Kier alpha value is -3.26. The maximum absolute atomic E-state index is 12.1. The lowest BCUT2D eigenvalue weighted by Gasteiger charge is -2.13. The highest BCUT2D eigenvalue weighted by molar-refractivity contribution is 5.97. The van der Waals surface area contributed by atoms with Gasteiger partial charge in [0, 0.05) is 0 Å². The Balaban J connectivity index is 2.14. The molecule has 0 aliphatic heterocycles. The lowest BCUT2D eigenvalue weighted by Crippen LogP contribution is -2.07. The van der Waals surface area contributed by atoms with E-state index in [-0.39, 0.29) is 18.3 Å². The number of nitrogens with zero attached hydrogens (tertiary/aromatic N) is 1. The fourth-order valence-electron chi connectivity index (χ4n) is 2.23. The molecule has 0 bridgehead atoms. The van der Waals surface area contributed by atoms with E-state index in [2.05, 4.69) is 0 Å². The van der Waals surface area contributed by atoms with Crippen LogP contribution in [0.5, 0.6) is 11.5 Å². The molecule has 0 amide bonds. The molecule has 2 aromatic rings. The van der Waals surface area contributed by atoms with Crippen LogP contribution in [0, 0.1) is 11.3 Å². The standard InChI is InChI=1S/C21H21NO4/c1-15(2)26-19-10-9-17(12-20(19)24-3)11-18(13-22)21(23)25-14-16-7-5-4-6-8-16/h4-12,15H,14H2,1-3H3. The van der Waals surface area contributed by atoms with Gasteiger partial charge in [0.15, 0.2) is 11.5 Å². The Kier molecular flexibility index (Phi) is 6.81. The number of carbonyl (C=O) groups is 1. The van der Waals surface area contributed by atoms with Crippen molar-refractivity contribution in [2.45, 2.75) is 26.6 Å². The summed E-state index contributed by atoms with van der Waals surface area (Å²) in [6, 6.07) is 16.4. The van der Waals surface area contributed by atoms with Crippen LogP contribution in [0.2, 0.25) is 0 Å². The van der Waals surface area contributed by atoms with Crippen molar-refractivity contribution in [3.63, 3.8) is 0 Å². The zero-order valence-corrected chi connectivity index (χ0v) is 15.1. The van der Waals surface area contributed by atoms with E-state index < -0.39 is 5.97 Å². The third-order valence-corrected chi connectivity index (χ3v) is 3.41. The maximum Gasteiger partial charge on any atom is 0.349 e. The summed E-state index contributed by atoms with van der Waals surface area (Å²) in [6.45, 7) is 3.96. The number of ether oxygens (including phenoxy) is 3. The van der Waals surface area contributed by atoms with Crippen LogP contribution in [0.25, 0.3) is 6.08 Å². The number of benzene rings is 2. The minimum Gasteiger partial charge on any atom is -0.493 e. The van der Waals surface area contributed by atoms with E-state index >= 15 is 0 Å². The first-order valence-electron chi connectivity index (χ1n) is 8.21. The Morgan fingerprint density at radius 1 is 1.15 bits per heavy atom. The second-order valence-corrected chi connectivity index (χ2v) is 5.81. The van der Waals surface area contributed by atoms with Crippen LogP contribution in [0.3, 0.4) is 0 Å². The van der Waals surface area contributed by atoms with Crippen molar-refractivity contribution in [1.29, 1.82) is 5.26 Å². The summed E-state index contributed by atoms with van der Waals surface area (Å²) in [6.07, 6.45) is 1.47. The number of nitriles is 1. The highest BCUT2D eigenvalue weighted by Crippen LogP contribution is 2.29. The quantitative estimate of drug-likeness (QED) is 0.426. The van der Waals surface area contributed by atoms with Gasteiger partial charge in [-0.15, -0.1) is 0 Å². The third-order valence-electron chi connectivity index (χ3n) is 3.41. The molecule has 0 atom stereocenters. The molecule has 2 rings (SSSR count). The van der Waals surface area contributed by atoms with Crippen LogP contribution in [-0.4, -0.2) is 19.2 Å². The summed E-state index contributed by atoms with van der Waals surface area (Å²) in [7, 11) is 1.54. The zero-order valence-electron chi connectivity index (χ0n) is 15.1. The van der Waals surface area contributed by atoms with Crippen molar-refractivity contribution >= 4 is 12.0 Å². The first-order valence-corrected chi connectivity index (χ1v) is 8.21. The molecule has 26 heavy (non-hydrogen) atoms. The van der Waals surface area contributed by atoms with E-state index in [1.807, 2.05) is 50.2 Å². The number of methoxy groups -OCH3 is 1. The SMILES string of the molecule is COc1cc(C=C(C#N)C(=O)OCc2ccccc2)ccc1OC(C)C. The number of hydrogen-bond donors (Lipinski definition) is 0. The van der Waals surface area contributed by atoms with Gasteiger partial charge in [0.2, 0.25) is 0 Å². The largest absolute Gasteiger partial charge is 0.493 e. The second-order valence-electron chi connectivity index (χ2n) is 5.81. The monoisotopic (exact) mass is 351 g/mol. The van der Waals surface area contributed by atoms with Crippen LogP contribution in [0.1, 0.15) is 25.0 Å². The number of hydrogen-bond acceptors (Lipinski definition) is 5. The van der Waals surface area contributed by atoms with E-state index in [9.17, 15) is 10.1 Å². The van der Waals surface area contributed by atoms with Crippen molar-refractivity contribution in [1.82, 2.24) is 0 Å². The van der Waals surface area contributed by atoms with E-state index in [1.165, 1.54) is 13.2 Å². The molecule has 0 unspecified atom stereocenters. The van der Waals surface area contributed by atoms with Gasteiger partial charge >= 0.3 is 5.97 Å². The molecule has 0 radical (unpaired) electrons. The van der Waals surface area contributed by atoms with Crippen molar-refractivity contribution < 1.29 is 19.0 Å². The maximum atomic E-state index is 12.1. The topological polar surface area (TPSA) is 68.5 Å². The Labute approximate surface area is 153 Å². The van der Waals surface area contributed by atoms with Gasteiger partial charge in [-0.3, -0.25) is 0 Å². The summed E-state index contributed by atoms with van der Waals surface area (Å²) in [4.78, 5) is 12.1. The van der Waals surface area contributed by atoms with Gasteiger partial charge in [0.05, 0.1) is 13.2 Å². The van der Waals surface area contributed by atoms with Crippen LogP contribution in [0.15, 0.2) is 54.1 Å². The summed E-state index contributed by atoms with van der Waals surface area (Å²) in [5, 5.41) is 9.28. The molecule has 0 spiro atoms. The smallest absolute Gasteiger partial charge is 0.349 e. The number of carbonyl (C=O) groups excluding carboxylic acids is 1. The van der Waals surface area contributed by atoms with Crippen molar-refractivity contribution in [2.75, 3.05) is 7.11 Å². The summed E-state index contributed by atoms with van der Waals surface area (Å²) in [5.41, 5.74) is 1.42. The van der Waals surface area contributed by atoms with Gasteiger partial charge in [0.1, 0.15) is 18.2 Å². The predicted octanol–water partition coefficient (Wildman–Crippen LogP) is 4.13. The van der Waals surface area contributed by atoms with Crippen LogP contribution < -0.4 is 9.47 Å². The van der Waals surface area contributed by atoms with Gasteiger partial charge in [-0.1, -0.05) is 36.4 Å². The van der Waals surface area contributed by atoms with Crippen molar-refractivity contribution in [3.8, 4) is 17.6 Å². The summed E-state index contributed by atoms with van der Waals surface area (Å²) < 4.78 is 16.2. The lowest BCUT2D eigenvalue weighted by molar-refractivity contribution is -0.139. The second kappa shape index (κ2) is 9.28. The van der Waals surface area contributed by atoms with Gasteiger partial charge < -0.3 is 14.2 Å². The average Bonchev–Trinajstić information content (AvgIpc) is 2.65. The lowest BCUT2D eigenvalue weighted by atomic mass is 10.1. The normalized spacial score (nSPS) is 11.0. The molecule has 5 nitrogen and oxygen atoms in total. The van der Waals surface area contributed by atoms with Gasteiger partial charge in [-0.25, -0.2) is 4.79 Å². The Bertz CT molecular complexity index is 820. The number of esters is 1. The van der Waals surface area contributed by atoms with Gasteiger partial charge in [-0.2, -0.15) is 5.26 Å². The molecule has 0 N–H and O–H groups in total. The highest BCUT2D eigenvalue weighted by atomic mass is 16.5. The molecule has 0 heterocycles. The molecule has 0 aliphatic carbocycles. The first kappa shape index (κ1) is 19.1. The average molecular weight is 351 g/mol. The predicted molar refractivity (Wildman–Crippen MR) is 98.6 cm³/mol. The Morgan fingerprint density at radius 3 is 2.50 bits per heavy atom. The van der Waals surface area contributed by atoms with Gasteiger partial charge in [0.25, 0.3) is 0 Å². The van der Waals surface area contributed by atoms with E-state index in [1.54, 1.807) is 18.2 Å². The van der Waals surface area contributed by atoms with E-state index in [0.29, 0.717) is 17.1 Å². The minimum atomic E-state index is -0.669.